The molecular formula is C18H22ClCoN2. The van der Waals surface area contributed by atoms with E-state index in [-0.39, 0.29) is 0 Å². The molecule has 0 bridgehead atoms. The summed E-state index contributed by atoms with van der Waals surface area (Å²) < 4.78 is 0. The topological polar surface area (TPSA) is 25.2 Å². The zero-order valence-corrected chi connectivity index (χ0v) is 15.3. The van der Waals surface area contributed by atoms with E-state index >= 15 is 0 Å². The molecule has 0 fully saturated rings. The quantitative estimate of drug-likeness (QED) is 0.539. The van der Waals surface area contributed by atoms with Gasteiger partial charge in [-0.3, -0.25) is 0 Å². The predicted octanol–water partition coefficient (Wildman–Crippen LogP) is 5.29. The molecule has 2 nitrogen and oxygen atoms in total. The Labute approximate surface area is 146 Å². The van der Waals surface area contributed by atoms with Crippen LogP contribution in [0, 0.1) is 13.1 Å². The summed E-state index contributed by atoms with van der Waals surface area (Å²) in [6, 6.07) is 9.94. The average molecular weight is 361 g/mol. The Morgan fingerprint density at radius 3 is 2.05 bits per heavy atom. The number of hydrogen-bond acceptors (Lipinski definition) is 2. The first-order chi connectivity index (χ1) is 10.7. The van der Waals surface area contributed by atoms with Crippen LogP contribution in [0.25, 0.3) is 0 Å². The third-order valence-electron chi connectivity index (χ3n) is 2.91. The van der Waals surface area contributed by atoms with Crippen LogP contribution in [0.2, 0.25) is 0 Å². The van der Waals surface area contributed by atoms with Crippen LogP contribution < -0.4 is 0 Å². The third-order valence-corrected chi connectivity index (χ3v) is 2.91. The molecule has 22 heavy (non-hydrogen) atoms. The summed E-state index contributed by atoms with van der Waals surface area (Å²) in [4.78, 5) is 8.00. The van der Waals surface area contributed by atoms with Crippen molar-refractivity contribution in [2.75, 3.05) is 0 Å². The van der Waals surface area contributed by atoms with Crippen molar-refractivity contribution in [1.82, 2.24) is 4.98 Å². The van der Waals surface area contributed by atoms with Gasteiger partial charge in [-0.2, -0.15) is 24.4 Å². The summed E-state index contributed by atoms with van der Waals surface area (Å²) in [7, 11) is 4.33. The summed E-state index contributed by atoms with van der Waals surface area (Å²) >= 11 is 3.03. The summed E-state index contributed by atoms with van der Waals surface area (Å²) in [5.41, 5.74) is 5.12. The molecule has 0 atom stereocenters. The van der Waals surface area contributed by atoms with Gasteiger partial charge in [-0.1, -0.05) is 49.6 Å². The maximum atomic E-state index is 4.34. The molecule has 0 unspecified atom stereocenters. The normalized spacial score (nSPS) is 9.55. The Balaban J connectivity index is 0.000000457. The van der Waals surface area contributed by atoms with Crippen LogP contribution in [0.1, 0.15) is 37.5 Å². The van der Waals surface area contributed by atoms with E-state index in [9.17, 15) is 0 Å². The van der Waals surface area contributed by atoms with Gasteiger partial charge in [0.1, 0.15) is 0 Å². The van der Waals surface area contributed by atoms with E-state index < -0.39 is 0 Å². The van der Waals surface area contributed by atoms with Crippen LogP contribution in [0.3, 0.4) is 0 Å². The number of nitrogens with zero attached hydrogens (tertiary/aromatic N) is 2. The summed E-state index contributed by atoms with van der Waals surface area (Å²) in [5.74, 6) is 0. The van der Waals surface area contributed by atoms with Gasteiger partial charge in [-0.25, -0.2) is 0 Å². The number of pyridine rings is 1. The van der Waals surface area contributed by atoms with E-state index in [0.717, 1.165) is 18.5 Å². The second-order valence-electron chi connectivity index (χ2n) is 4.43. The molecule has 0 saturated carbocycles. The van der Waals surface area contributed by atoms with E-state index in [4.69, 9.17) is 0 Å². The molecule has 120 valence electrons. The van der Waals surface area contributed by atoms with Crippen molar-refractivity contribution in [1.29, 1.82) is 0 Å². The van der Waals surface area contributed by atoms with E-state index in [1.54, 1.807) is 12.3 Å². The number of aromatic nitrogens is 1. The van der Waals surface area contributed by atoms with Gasteiger partial charge < -0.3 is 9.98 Å². The number of aliphatic imine (C=N–C) groups is 1. The SMILES string of the molecule is C[C-]=Nc1c(CC)cc(C)cc1CC.[Cl][Co+2].[c-]1ccccn1. The molecule has 1 heterocycles. The van der Waals surface area contributed by atoms with Crippen LogP contribution in [0.5, 0.6) is 0 Å². The number of aryl methyl sites for hydroxylation is 3. The zero-order valence-electron chi connectivity index (χ0n) is 13.5. The van der Waals surface area contributed by atoms with Gasteiger partial charge in [0, 0.05) is 0 Å². The fourth-order valence-corrected chi connectivity index (χ4v) is 2.01. The largest absolute Gasteiger partial charge is 0.394 e. The number of hydrogen-bond donors (Lipinski definition) is 0. The molecular weight excluding hydrogens is 339 g/mol. The Hall–Kier alpha value is -1.16. The van der Waals surface area contributed by atoms with Crippen molar-refractivity contribution in [3.8, 4) is 0 Å². The van der Waals surface area contributed by atoms with Gasteiger partial charge in [0.15, 0.2) is 0 Å². The Bertz CT molecular complexity index is 490. The molecule has 1 aromatic carbocycles. The molecule has 2 aromatic rings. The molecule has 4 heteroatoms. The van der Waals surface area contributed by atoms with Gasteiger partial charge >= 0.3 is 25.0 Å². The first-order valence-corrected chi connectivity index (χ1v) is 8.55. The summed E-state index contributed by atoms with van der Waals surface area (Å²) in [6.07, 6.45) is 9.29. The molecule has 0 saturated heterocycles. The molecule has 0 N–H and O–H groups in total. The van der Waals surface area contributed by atoms with E-state index in [0.29, 0.717) is 0 Å². The van der Waals surface area contributed by atoms with E-state index in [1.807, 2.05) is 19.1 Å². The molecule has 1 aromatic heterocycles. The van der Waals surface area contributed by atoms with E-state index in [2.05, 4.69) is 80.3 Å². The third kappa shape index (κ3) is 7.73. The minimum atomic E-state index is 1.04. The second kappa shape index (κ2) is 13.5. The predicted molar refractivity (Wildman–Crippen MR) is 91.6 cm³/mol. The van der Waals surface area contributed by atoms with Crippen molar-refractivity contribution in [3.63, 3.8) is 0 Å². The molecule has 0 aliphatic carbocycles. The molecule has 2 rings (SSSR count). The van der Waals surface area contributed by atoms with E-state index in [1.165, 1.54) is 16.7 Å². The van der Waals surface area contributed by atoms with Crippen LogP contribution in [-0.4, -0.2) is 11.2 Å². The summed E-state index contributed by atoms with van der Waals surface area (Å²) in [6.45, 7) is 8.33. The van der Waals surface area contributed by atoms with Crippen LogP contribution in [-0.2, 0) is 27.7 Å². The Kier molecular flexibility index (Phi) is 12.8. The fraction of sp³-hybridized carbons (Fsp3) is 0.333. The monoisotopic (exact) mass is 360 g/mol. The second-order valence-corrected chi connectivity index (χ2v) is 4.43. The Morgan fingerprint density at radius 2 is 1.77 bits per heavy atom. The molecule has 0 amide bonds. The maximum Gasteiger partial charge on any atom is -0.0813 e. The minimum absolute atomic E-state index is 1.04. The van der Waals surface area contributed by atoms with Crippen LogP contribution >= 0.6 is 10.1 Å². The Morgan fingerprint density at radius 1 is 1.18 bits per heavy atom. The van der Waals surface area contributed by atoms with Crippen LogP contribution in [0.15, 0.2) is 41.5 Å². The van der Waals surface area contributed by atoms with Gasteiger partial charge in [0.25, 0.3) is 0 Å². The maximum absolute atomic E-state index is 4.34. The summed E-state index contributed by atoms with van der Waals surface area (Å²) in [5, 5.41) is 0. The first-order valence-electron chi connectivity index (χ1n) is 7.12. The van der Waals surface area contributed by atoms with Crippen molar-refractivity contribution in [2.45, 2.75) is 40.5 Å². The zero-order chi connectivity index (χ0) is 16.8. The number of rotatable bonds is 3. The van der Waals surface area contributed by atoms with Crippen molar-refractivity contribution in [2.24, 2.45) is 4.99 Å². The smallest absolute Gasteiger partial charge is 0.0813 e. The fourth-order valence-electron chi connectivity index (χ4n) is 2.01. The minimum Gasteiger partial charge on any atom is -0.394 e. The number of halogens is 1. The van der Waals surface area contributed by atoms with Gasteiger partial charge in [-0.05, 0) is 19.8 Å². The van der Waals surface area contributed by atoms with Gasteiger partial charge in [0.05, 0.1) is 0 Å². The van der Waals surface area contributed by atoms with Gasteiger partial charge in [0.2, 0.25) is 0 Å². The van der Waals surface area contributed by atoms with Crippen molar-refractivity contribution < 1.29 is 14.8 Å². The standard InChI is InChI=1S/C13H18N.C5H4N.ClH.Co/c1-5-11-8-10(4)9-12(6-2)13(11)14-7-3;1-2-4-6-5-3-1;;/h8-9H,5-6H2,1-4H3;1-4H;1H;/q2*-1;;+3/p-1. The van der Waals surface area contributed by atoms with Gasteiger partial charge in [-0.15, -0.1) is 18.1 Å². The molecule has 0 aliphatic rings. The number of benzene rings is 1. The molecule has 0 radical (unpaired) electrons. The first kappa shape index (κ1) is 20.8. The average Bonchev–Trinajstić information content (AvgIpc) is 2.60. The molecule has 0 aliphatic heterocycles. The van der Waals surface area contributed by atoms with Crippen molar-refractivity contribution in [3.05, 3.63) is 59.4 Å². The van der Waals surface area contributed by atoms with Crippen LogP contribution in [0.4, 0.5) is 5.69 Å². The molecule has 0 spiro atoms. The van der Waals surface area contributed by atoms with Crippen molar-refractivity contribution >= 4 is 22.0 Å².